The molecule has 7 nitrogen and oxygen atoms in total. The number of fused-ring (bicyclic) bond motifs is 1. The number of amides is 1. The zero-order valence-corrected chi connectivity index (χ0v) is 15.9. The van der Waals surface area contributed by atoms with E-state index in [1.165, 1.54) is 14.2 Å². The van der Waals surface area contributed by atoms with Crippen molar-refractivity contribution in [1.82, 2.24) is 10.3 Å². The van der Waals surface area contributed by atoms with Gasteiger partial charge in [0, 0.05) is 17.1 Å². The molecule has 28 heavy (non-hydrogen) atoms. The molecule has 7 heteroatoms. The van der Waals surface area contributed by atoms with E-state index >= 15 is 0 Å². The first-order valence-corrected chi connectivity index (χ1v) is 8.73. The molecule has 1 aromatic heterocycles. The number of esters is 1. The molecule has 0 fully saturated rings. The van der Waals surface area contributed by atoms with Crippen LogP contribution < -0.4 is 14.8 Å². The van der Waals surface area contributed by atoms with Crippen LogP contribution in [-0.4, -0.2) is 38.2 Å². The van der Waals surface area contributed by atoms with Crippen molar-refractivity contribution in [2.75, 3.05) is 21.3 Å². The normalized spacial score (nSPS) is 11.7. The summed E-state index contributed by atoms with van der Waals surface area (Å²) < 4.78 is 15.4. The third-order valence-corrected chi connectivity index (χ3v) is 4.55. The number of ether oxygens (including phenoxy) is 3. The number of nitrogens with one attached hydrogen (secondary N) is 2. The number of H-pyrrole nitrogens is 1. The van der Waals surface area contributed by atoms with Crippen LogP contribution in [-0.2, 0) is 9.53 Å². The molecule has 0 aliphatic heterocycles. The Hall–Kier alpha value is -3.48. The largest absolute Gasteiger partial charge is 0.493 e. The minimum atomic E-state index is -0.589. The molecule has 0 bridgehead atoms. The van der Waals surface area contributed by atoms with Gasteiger partial charge in [0.15, 0.2) is 11.5 Å². The van der Waals surface area contributed by atoms with Gasteiger partial charge < -0.3 is 24.5 Å². The number of hydrogen-bond acceptors (Lipinski definition) is 5. The molecular weight excluding hydrogens is 360 g/mol. The molecule has 3 rings (SSSR count). The van der Waals surface area contributed by atoms with Crippen molar-refractivity contribution in [1.29, 1.82) is 0 Å². The maximum Gasteiger partial charge on any atom is 0.307 e. The lowest BCUT2D eigenvalue weighted by Crippen LogP contribution is -2.30. The average molecular weight is 382 g/mol. The number of rotatable bonds is 7. The lowest BCUT2D eigenvalue weighted by molar-refractivity contribution is -0.141. The second-order valence-corrected chi connectivity index (χ2v) is 6.17. The first-order valence-electron chi connectivity index (χ1n) is 8.73. The van der Waals surface area contributed by atoms with Crippen LogP contribution in [0.5, 0.6) is 11.5 Å². The Bertz CT molecular complexity index is 995. The summed E-state index contributed by atoms with van der Waals surface area (Å²) in [4.78, 5) is 27.9. The molecule has 0 aliphatic carbocycles. The zero-order chi connectivity index (χ0) is 20.1. The van der Waals surface area contributed by atoms with E-state index in [0.717, 1.165) is 10.9 Å². The van der Waals surface area contributed by atoms with Gasteiger partial charge in [-0.05, 0) is 23.8 Å². The monoisotopic (exact) mass is 382 g/mol. The van der Waals surface area contributed by atoms with E-state index in [2.05, 4.69) is 10.3 Å². The van der Waals surface area contributed by atoms with E-state index in [1.54, 1.807) is 31.5 Å². The predicted octanol–water partition coefficient (Wildman–Crippen LogP) is 3.22. The van der Waals surface area contributed by atoms with Gasteiger partial charge in [0.05, 0.1) is 39.4 Å². The highest BCUT2D eigenvalue weighted by atomic mass is 16.5. The third kappa shape index (κ3) is 3.93. The number of para-hydroxylation sites is 1. The van der Waals surface area contributed by atoms with Gasteiger partial charge in [-0.1, -0.05) is 24.3 Å². The van der Waals surface area contributed by atoms with Crippen LogP contribution in [0.15, 0.2) is 48.7 Å². The number of methoxy groups -OCH3 is 3. The molecule has 0 spiro atoms. The number of aromatic amines is 1. The van der Waals surface area contributed by atoms with E-state index in [-0.39, 0.29) is 12.3 Å². The number of carbonyl (C=O) groups excluding carboxylic acids is 2. The van der Waals surface area contributed by atoms with Gasteiger partial charge in [0.2, 0.25) is 0 Å². The van der Waals surface area contributed by atoms with Crippen molar-refractivity contribution in [3.8, 4) is 11.5 Å². The van der Waals surface area contributed by atoms with Crippen molar-refractivity contribution < 1.29 is 23.8 Å². The lowest BCUT2D eigenvalue weighted by atomic mass is 10.0. The Balaban J connectivity index is 1.92. The molecule has 146 valence electrons. The maximum absolute atomic E-state index is 12.9. The fourth-order valence-electron chi connectivity index (χ4n) is 3.07. The topological polar surface area (TPSA) is 89.7 Å². The second kappa shape index (κ2) is 8.47. The molecule has 1 heterocycles. The standard InChI is InChI=1S/C21H22N2O5/c1-26-18-9-8-13(10-19(18)27-2)17(11-20(24)28-3)23-21(25)15-12-22-16-7-5-4-6-14(15)16/h4-10,12,17,22H,11H2,1-3H3,(H,23,25). The fraction of sp³-hybridized carbons (Fsp3) is 0.238. The van der Waals surface area contributed by atoms with Crippen LogP contribution in [0.1, 0.15) is 28.4 Å². The van der Waals surface area contributed by atoms with Gasteiger partial charge in [0.1, 0.15) is 0 Å². The van der Waals surface area contributed by atoms with Crippen molar-refractivity contribution in [3.05, 3.63) is 59.8 Å². The smallest absolute Gasteiger partial charge is 0.307 e. The molecule has 0 radical (unpaired) electrons. The highest BCUT2D eigenvalue weighted by Crippen LogP contribution is 2.31. The van der Waals surface area contributed by atoms with Crippen LogP contribution >= 0.6 is 0 Å². The van der Waals surface area contributed by atoms with Gasteiger partial charge in [-0.3, -0.25) is 9.59 Å². The molecule has 3 aromatic rings. The Labute approximate surface area is 162 Å². The van der Waals surface area contributed by atoms with E-state index in [0.29, 0.717) is 22.6 Å². The van der Waals surface area contributed by atoms with E-state index < -0.39 is 12.0 Å². The average Bonchev–Trinajstić information content (AvgIpc) is 3.16. The summed E-state index contributed by atoms with van der Waals surface area (Å²) in [5.74, 6) is 0.349. The van der Waals surface area contributed by atoms with Gasteiger partial charge in [-0.2, -0.15) is 0 Å². The molecule has 1 atom stereocenters. The van der Waals surface area contributed by atoms with Crippen molar-refractivity contribution in [2.45, 2.75) is 12.5 Å². The SMILES string of the molecule is COC(=O)CC(NC(=O)c1c[nH]c2ccccc12)c1ccc(OC)c(OC)c1. The van der Waals surface area contributed by atoms with E-state index in [4.69, 9.17) is 14.2 Å². The van der Waals surface area contributed by atoms with Crippen LogP contribution in [0.4, 0.5) is 0 Å². The minimum Gasteiger partial charge on any atom is -0.493 e. The first-order chi connectivity index (χ1) is 13.6. The summed E-state index contributed by atoms with van der Waals surface area (Å²) in [5, 5.41) is 3.74. The van der Waals surface area contributed by atoms with Crippen molar-refractivity contribution >= 4 is 22.8 Å². The molecular formula is C21H22N2O5. The lowest BCUT2D eigenvalue weighted by Gasteiger charge is -2.19. The summed E-state index contributed by atoms with van der Waals surface area (Å²) in [6, 6.07) is 12.2. The van der Waals surface area contributed by atoms with Gasteiger partial charge >= 0.3 is 5.97 Å². The van der Waals surface area contributed by atoms with Crippen LogP contribution in [0.3, 0.4) is 0 Å². The number of carbonyl (C=O) groups is 2. The first kappa shape index (κ1) is 19.3. The second-order valence-electron chi connectivity index (χ2n) is 6.17. The summed E-state index contributed by atoms with van der Waals surface area (Å²) >= 11 is 0. The Morgan fingerprint density at radius 3 is 2.50 bits per heavy atom. The van der Waals surface area contributed by atoms with Crippen LogP contribution in [0.2, 0.25) is 0 Å². The fourth-order valence-corrected chi connectivity index (χ4v) is 3.07. The molecule has 2 N–H and O–H groups in total. The third-order valence-electron chi connectivity index (χ3n) is 4.55. The highest BCUT2D eigenvalue weighted by molar-refractivity contribution is 6.06. The van der Waals surface area contributed by atoms with Crippen LogP contribution in [0.25, 0.3) is 10.9 Å². The van der Waals surface area contributed by atoms with Gasteiger partial charge in [-0.15, -0.1) is 0 Å². The van der Waals surface area contributed by atoms with E-state index in [1.807, 2.05) is 24.3 Å². The highest BCUT2D eigenvalue weighted by Gasteiger charge is 2.22. The number of hydrogen-bond donors (Lipinski definition) is 2. The summed E-state index contributed by atoms with van der Waals surface area (Å²) in [7, 11) is 4.39. The minimum absolute atomic E-state index is 0.0138. The Morgan fingerprint density at radius 1 is 1.04 bits per heavy atom. The maximum atomic E-state index is 12.9. The molecule has 2 aromatic carbocycles. The zero-order valence-electron chi connectivity index (χ0n) is 15.9. The number of aromatic nitrogens is 1. The van der Waals surface area contributed by atoms with Crippen molar-refractivity contribution in [2.24, 2.45) is 0 Å². The molecule has 0 saturated carbocycles. The Kier molecular flexibility index (Phi) is 5.84. The molecule has 1 amide bonds. The number of benzene rings is 2. The summed E-state index contributed by atoms with van der Waals surface area (Å²) in [5.41, 5.74) is 2.07. The Morgan fingerprint density at radius 2 is 1.79 bits per heavy atom. The van der Waals surface area contributed by atoms with Gasteiger partial charge in [-0.25, -0.2) is 0 Å². The molecule has 0 saturated heterocycles. The quantitative estimate of drug-likeness (QED) is 0.613. The summed E-state index contributed by atoms with van der Waals surface area (Å²) in [6.07, 6.45) is 1.64. The van der Waals surface area contributed by atoms with Crippen LogP contribution in [0, 0.1) is 0 Å². The van der Waals surface area contributed by atoms with E-state index in [9.17, 15) is 9.59 Å². The van der Waals surface area contributed by atoms with Crippen molar-refractivity contribution in [3.63, 3.8) is 0 Å². The predicted molar refractivity (Wildman–Crippen MR) is 105 cm³/mol. The summed E-state index contributed by atoms with van der Waals surface area (Å²) in [6.45, 7) is 0. The molecule has 0 aliphatic rings. The van der Waals surface area contributed by atoms with Gasteiger partial charge in [0.25, 0.3) is 5.91 Å². The molecule has 1 unspecified atom stereocenters.